The van der Waals surface area contributed by atoms with E-state index in [1.54, 1.807) is 13.3 Å². The van der Waals surface area contributed by atoms with Crippen LogP contribution in [-0.4, -0.2) is 31.8 Å². The van der Waals surface area contributed by atoms with Crippen LogP contribution in [0.15, 0.2) is 18.5 Å². The van der Waals surface area contributed by atoms with Gasteiger partial charge in [0.2, 0.25) is 0 Å². The molecule has 2 heterocycles. The lowest BCUT2D eigenvalue weighted by atomic mass is 9.97. The molecule has 3 nitrogen and oxygen atoms in total. The summed E-state index contributed by atoms with van der Waals surface area (Å²) in [4.78, 5) is 6.58. The molecule has 94 valence electrons. The Balaban J connectivity index is 2.00. The van der Waals surface area contributed by atoms with Crippen molar-refractivity contribution in [2.75, 3.05) is 31.7 Å². The Morgan fingerprint density at radius 3 is 2.88 bits per heavy atom. The highest BCUT2D eigenvalue weighted by Gasteiger charge is 2.20. The highest BCUT2D eigenvalue weighted by Crippen LogP contribution is 2.26. The number of ether oxygens (including phenoxy) is 1. The van der Waals surface area contributed by atoms with Crippen molar-refractivity contribution in [2.45, 2.75) is 18.7 Å². The van der Waals surface area contributed by atoms with Gasteiger partial charge in [-0.1, -0.05) is 0 Å². The zero-order valence-corrected chi connectivity index (χ0v) is 11.0. The fraction of sp³-hybridized carbons (Fsp3) is 0.615. The maximum atomic E-state index is 5.96. The van der Waals surface area contributed by atoms with Gasteiger partial charge in [0.25, 0.3) is 0 Å². The first-order valence-electron chi connectivity index (χ1n) is 6.08. The van der Waals surface area contributed by atoms with Gasteiger partial charge in [-0.05, 0) is 30.4 Å². The monoisotopic (exact) mass is 254 g/mol. The van der Waals surface area contributed by atoms with E-state index in [-0.39, 0.29) is 0 Å². The van der Waals surface area contributed by atoms with Gasteiger partial charge in [-0.3, -0.25) is 4.98 Å². The minimum atomic E-state index is 0.551. The van der Waals surface area contributed by atoms with Crippen LogP contribution < -0.4 is 4.90 Å². The van der Waals surface area contributed by atoms with E-state index in [1.807, 2.05) is 12.3 Å². The minimum absolute atomic E-state index is 0.551. The van der Waals surface area contributed by atoms with Crippen LogP contribution in [0.25, 0.3) is 0 Å². The number of hydrogen-bond acceptors (Lipinski definition) is 3. The SMILES string of the molecule is COCC1CCN(c2cnccc2CCl)CC1. The van der Waals surface area contributed by atoms with Crippen LogP contribution >= 0.6 is 11.6 Å². The van der Waals surface area contributed by atoms with E-state index in [2.05, 4.69) is 9.88 Å². The van der Waals surface area contributed by atoms with Crippen LogP contribution in [0.4, 0.5) is 5.69 Å². The van der Waals surface area contributed by atoms with Gasteiger partial charge in [0.1, 0.15) is 0 Å². The van der Waals surface area contributed by atoms with E-state index >= 15 is 0 Å². The fourth-order valence-electron chi connectivity index (χ4n) is 2.39. The summed E-state index contributed by atoms with van der Waals surface area (Å²) in [6.07, 6.45) is 6.10. The molecule has 0 atom stereocenters. The number of methoxy groups -OCH3 is 1. The summed E-state index contributed by atoms with van der Waals surface area (Å²) in [6, 6.07) is 2.00. The van der Waals surface area contributed by atoms with Gasteiger partial charge in [0.05, 0.1) is 11.9 Å². The molecule has 1 aromatic heterocycles. The molecule has 2 rings (SSSR count). The average molecular weight is 255 g/mol. The molecule has 0 amide bonds. The topological polar surface area (TPSA) is 25.4 Å². The number of nitrogens with zero attached hydrogens (tertiary/aromatic N) is 2. The van der Waals surface area contributed by atoms with Crippen molar-refractivity contribution in [3.63, 3.8) is 0 Å². The molecule has 4 heteroatoms. The molecule has 0 aromatic carbocycles. The molecule has 0 aliphatic carbocycles. The van der Waals surface area contributed by atoms with Crippen molar-refractivity contribution in [1.82, 2.24) is 4.98 Å². The van der Waals surface area contributed by atoms with Crippen LogP contribution in [0.2, 0.25) is 0 Å². The Morgan fingerprint density at radius 1 is 1.47 bits per heavy atom. The molecule has 0 spiro atoms. The van der Waals surface area contributed by atoms with Crippen LogP contribution in [0.3, 0.4) is 0 Å². The van der Waals surface area contributed by atoms with E-state index < -0.39 is 0 Å². The van der Waals surface area contributed by atoms with E-state index in [9.17, 15) is 0 Å². The third kappa shape index (κ3) is 3.11. The lowest BCUT2D eigenvalue weighted by Gasteiger charge is -2.34. The first-order valence-corrected chi connectivity index (χ1v) is 6.61. The molecule has 17 heavy (non-hydrogen) atoms. The second-order valence-corrected chi connectivity index (χ2v) is 4.79. The van der Waals surface area contributed by atoms with Crippen LogP contribution in [-0.2, 0) is 10.6 Å². The summed E-state index contributed by atoms with van der Waals surface area (Å²) in [7, 11) is 1.78. The number of anilines is 1. The van der Waals surface area contributed by atoms with Crippen molar-refractivity contribution in [2.24, 2.45) is 5.92 Å². The van der Waals surface area contributed by atoms with Crippen LogP contribution in [0.1, 0.15) is 18.4 Å². The van der Waals surface area contributed by atoms with Gasteiger partial charge in [-0.15, -0.1) is 11.6 Å². The number of halogens is 1. The molecule has 0 radical (unpaired) electrons. The van der Waals surface area contributed by atoms with Gasteiger partial charge in [0.15, 0.2) is 0 Å². The Bertz CT molecular complexity index is 351. The maximum Gasteiger partial charge on any atom is 0.0597 e. The van der Waals surface area contributed by atoms with Crippen LogP contribution in [0.5, 0.6) is 0 Å². The highest BCUT2D eigenvalue weighted by molar-refractivity contribution is 6.17. The molecule has 1 aliphatic heterocycles. The highest BCUT2D eigenvalue weighted by atomic mass is 35.5. The van der Waals surface area contributed by atoms with Gasteiger partial charge in [-0.25, -0.2) is 0 Å². The number of alkyl halides is 1. The van der Waals surface area contributed by atoms with Gasteiger partial charge < -0.3 is 9.64 Å². The van der Waals surface area contributed by atoms with E-state index in [0.717, 1.165) is 19.7 Å². The van der Waals surface area contributed by atoms with Crippen molar-refractivity contribution in [3.8, 4) is 0 Å². The van der Waals surface area contributed by atoms with E-state index in [1.165, 1.54) is 24.1 Å². The number of piperidine rings is 1. The normalized spacial score (nSPS) is 17.4. The number of hydrogen-bond donors (Lipinski definition) is 0. The Morgan fingerprint density at radius 2 is 2.24 bits per heavy atom. The van der Waals surface area contributed by atoms with Gasteiger partial charge in [-0.2, -0.15) is 0 Å². The number of pyridine rings is 1. The third-order valence-corrected chi connectivity index (χ3v) is 3.68. The van der Waals surface area contributed by atoms with Crippen molar-refractivity contribution in [1.29, 1.82) is 0 Å². The summed E-state index contributed by atoms with van der Waals surface area (Å²) < 4.78 is 5.22. The second kappa shape index (κ2) is 6.22. The minimum Gasteiger partial charge on any atom is -0.384 e. The molecular weight excluding hydrogens is 236 g/mol. The maximum absolute atomic E-state index is 5.96. The zero-order chi connectivity index (χ0) is 12.1. The first-order chi connectivity index (χ1) is 8.35. The fourth-order valence-corrected chi connectivity index (χ4v) is 2.61. The van der Waals surface area contributed by atoms with Crippen molar-refractivity contribution < 1.29 is 4.74 Å². The Hall–Kier alpha value is -0.800. The summed E-state index contributed by atoms with van der Waals surface area (Å²) in [5.74, 6) is 1.25. The quantitative estimate of drug-likeness (QED) is 0.773. The largest absolute Gasteiger partial charge is 0.384 e. The molecular formula is C13H19ClN2O. The molecule has 0 unspecified atom stereocenters. The Labute approximate surface area is 108 Å². The average Bonchev–Trinajstić information content (AvgIpc) is 2.40. The summed E-state index contributed by atoms with van der Waals surface area (Å²) in [6.45, 7) is 3.02. The second-order valence-electron chi connectivity index (χ2n) is 4.52. The molecule has 1 aromatic rings. The predicted molar refractivity (Wildman–Crippen MR) is 70.6 cm³/mol. The smallest absolute Gasteiger partial charge is 0.0597 e. The van der Waals surface area contributed by atoms with Gasteiger partial charge in [0, 0.05) is 38.9 Å². The summed E-state index contributed by atoms with van der Waals surface area (Å²) in [5, 5.41) is 0. The van der Waals surface area contributed by atoms with Crippen molar-refractivity contribution in [3.05, 3.63) is 24.0 Å². The molecule has 0 bridgehead atoms. The Kier molecular flexibility index (Phi) is 4.63. The van der Waals surface area contributed by atoms with Gasteiger partial charge >= 0.3 is 0 Å². The first kappa shape index (κ1) is 12.7. The standard InChI is InChI=1S/C13H19ClN2O/c1-17-10-11-3-6-16(7-4-11)13-9-15-5-2-12(13)8-14/h2,5,9,11H,3-4,6-8,10H2,1H3. The number of rotatable bonds is 4. The lowest BCUT2D eigenvalue weighted by Crippen LogP contribution is -2.35. The van der Waals surface area contributed by atoms with Crippen molar-refractivity contribution >= 4 is 17.3 Å². The predicted octanol–water partition coefficient (Wildman–Crippen LogP) is 2.68. The number of aromatic nitrogens is 1. The molecule has 1 fully saturated rings. The van der Waals surface area contributed by atoms with Crippen LogP contribution in [0, 0.1) is 5.92 Å². The zero-order valence-electron chi connectivity index (χ0n) is 10.2. The summed E-state index contributed by atoms with van der Waals surface area (Å²) in [5.41, 5.74) is 2.37. The third-order valence-electron chi connectivity index (χ3n) is 3.39. The molecule has 1 saturated heterocycles. The van der Waals surface area contributed by atoms with E-state index in [0.29, 0.717) is 11.8 Å². The van der Waals surface area contributed by atoms with E-state index in [4.69, 9.17) is 16.3 Å². The molecule has 0 saturated carbocycles. The lowest BCUT2D eigenvalue weighted by molar-refractivity contribution is 0.139. The summed E-state index contributed by atoms with van der Waals surface area (Å²) >= 11 is 5.96. The molecule has 1 aliphatic rings. The molecule has 0 N–H and O–H groups in total.